The number of carbonyl (C=O) groups is 1. The van der Waals surface area contributed by atoms with Gasteiger partial charge < -0.3 is 20.5 Å². The van der Waals surface area contributed by atoms with E-state index in [1.165, 1.54) is 12.4 Å². The van der Waals surface area contributed by atoms with Crippen LogP contribution >= 0.6 is 11.3 Å². The number of ether oxygens (including phenoxy) is 2. The van der Waals surface area contributed by atoms with Gasteiger partial charge in [0.25, 0.3) is 0 Å². The zero-order chi connectivity index (χ0) is 28.4. The highest BCUT2D eigenvalue weighted by molar-refractivity contribution is 7.92. The van der Waals surface area contributed by atoms with Crippen LogP contribution in [0.1, 0.15) is 41.0 Å². The third kappa shape index (κ3) is 6.13. The predicted octanol–water partition coefficient (Wildman–Crippen LogP) is 4.85. The summed E-state index contributed by atoms with van der Waals surface area (Å²) >= 11 is 1.55. The Hall–Kier alpha value is -3.35. The SMILES string of the molecule is CC[C@H](C)C(N)C(=O)OCCOc1cc2ncnc(Nc3ccc4scnc4c3)c2cc1S(=O)(=O)C(C)(C)C. The first-order chi connectivity index (χ1) is 18.4. The first-order valence-electron chi connectivity index (χ1n) is 12.6. The number of aromatic nitrogens is 3. The van der Waals surface area contributed by atoms with Crippen molar-refractivity contribution in [2.24, 2.45) is 11.7 Å². The second-order valence-corrected chi connectivity index (χ2v) is 13.8. The number of thiazole rings is 1. The Morgan fingerprint density at radius 2 is 1.87 bits per heavy atom. The number of esters is 1. The third-order valence-electron chi connectivity index (χ3n) is 6.50. The number of hydrogen-bond acceptors (Lipinski definition) is 11. The number of benzene rings is 2. The fraction of sp³-hybridized carbons (Fsp3) is 0.407. The van der Waals surface area contributed by atoms with Gasteiger partial charge in [-0.05, 0) is 51.0 Å². The summed E-state index contributed by atoms with van der Waals surface area (Å²) in [6, 6.07) is 8.14. The van der Waals surface area contributed by atoms with Gasteiger partial charge in [-0.3, -0.25) is 4.79 Å². The zero-order valence-electron chi connectivity index (χ0n) is 22.6. The normalized spacial score (nSPS) is 13.8. The van der Waals surface area contributed by atoms with Crippen LogP contribution in [-0.4, -0.2) is 53.3 Å². The number of hydrogen-bond donors (Lipinski definition) is 2. The molecular formula is C27H33N5O5S2. The molecule has 0 aliphatic rings. The van der Waals surface area contributed by atoms with Gasteiger partial charge in [0, 0.05) is 17.1 Å². The van der Waals surface area contributed by atoms with E-state index in [4.69, 9.17) is 15.2 Å². The lowest BCUT2D eigenvalue weighted by molar-refractivity contribution is -0.147. The Morgan fingerprint density at radius 3 is 2.59 bits per heavy atom. The van der Waals surface area contributed by atoms with Gasteiger partial charge in [-0.1, -0.05) is 20.3 Å². The molecular weight excluding hydrogens is 538 g/mol. The maximum atomic E-state index is 13.6. The molecule has 39 heavy (non-hydrogen) atoms. The van der Waals surface area contributed by atoms with Crippen LogP contribution in [-0.2, 0) is 19.4 Å². The van der Waals surface area contributed by atoms with Gasteiger partial charge in [0.1, 0.15) is 42.0 Å². The van der Waals surface area contributed by atoms with Crippen molar-refractivity contribution in [1.82, 2.24) is 15.0 Å². The summed E-state index contributed by atoms with van der Waals surface area (Å²) in [6.07, 6.45) is 2.14. The average Bonchev–Trinajstić information content (AvgIpc) is 3.37. The van der Waals surface area contributed by atoms with Crippen LogP contribution in [0.25, 0.3) is 21.1 Å². The Balaban J connectivity index is 1.65. The van der Waals surface area contributed by atoms with E-state index >= 15 is 0 Å². The maximum absolute atomic E-state index is 13.6. The number of anilines is 2. The summed E-state index contributed by atoms with van der Waals surface area (Å²) < 4.78 is 38.3. The van der Waals surface area contributed by atoms with Crippen LogP contribution in [0.4, 0.5) is 11.5 Å². The van der Waals surface area contributed by atoms with E-state index in [1.807, 2.05) is 32.0 Å². The van der Waals surface area contributed by atoms with E-state index in [0.717, 1.165) is 22.3 Å². The molecule has 0 bridgehead atoms. The lowest BCUT2D eigenvalue weighted by atomic mass is 10.0. The molecule has 2 heterocycles. The van der Waals surface area contributed by atoms with Crippen LogP contribution in [0.5, 0.6) is 5.75 Å². The third-order valence-corrected chi connectivity index (χ3v) is 9.82. The van der Waals surface area contributed by atoms with Gasteiger partial charge in [0.05, 0.1) is 26.0 Å². The van der Waals surface area contributed by atoms with Gasteiger partial charge in [0.2, 0.25) is 0 Å². The van der Waals surface area contributed by atoms with Gasteiger partial charge in [-0.15, -0.1) is 11.3 Å². The second kappa shape index (κ2) is 11.4. The molecule has 0 amide bonds. The lowest BCUT2D eigenvalue weighted by Crippen LogP contribution is -2.38. The van der Waals surface area contributed by atoms with Gasteiger partial charge in [0.15, 0.2) is 9.84 Å². The molecule has 4 rings (SSSR count). The first kappa shape index (κ1) is 28.7. The molecule has 0 radical (unpaired) electrons. The fourth-order valence-corrected chi connectivity index (χ4v) is 5.74. The smallest absolute Gasteiger partial charge is 0.323 e. The summed E-state index contributed by atoms with van der Waals surface area (Å²) in [7, 11) is -3.84. The van der Waals surface area contributed by atoms with Crippen molar-refractivity contribution in [2.75, 3.05) is 18.5 Å². The Kier molecular flexibility index (Phi) is 8.38. The van der Waals surface area contributed by atoms with Crippen LogP contribution in [0.3, 0.4) is 0 Å². The van der Waals surface area contributed by atoms with E-state index < -0.39 is 26.6 Å². The molecule has 2 aromatic heterocycles. The second-order valence-electron chi connectivity index (χ2n) is 10.2. The highest BCUT2D eigenvalue weighted by Gasteiger charge is 2.34. The van der Waals surface area contributed by atoms with Gasteiger partial charge >= 0.3 is 5.97 Å². The fourth-order valence-electron chi connectivity index (χ4n) is 3.76. The number of nitrogens with one attached hydrogen (secondary N) is 1. The molecule has 12 heteroatoms. The number of carbonyl (C=O) groups excluding carboxylic acids is 1. The number of rotatable bonds is 10. The monoisotopic (exact) mass is 571 g/mol. The molecule has 208 valence electrons. The quantitative estimate of drug-likeness (QED) is 0.200. The summed E-state index contributed by atoms with van der Waals surface area (Å²) in [5.74, 6) is 0.0225. The molecule has 3 N–H and O–H groups in total. The van der Waals surface area contributed by atoms with E-state index in [0.29, 0.717) is 16.7 Å². The molecule has 0 fully saturated rings. The zero-order valence-corrected chi connectivity index (χ0v) is 24.2. The maximum Gasteiger partial charge on any atom is 0.323 e. The first-order valence-corrected chi connectivity index (χ1v) is 15.0. The van der Waals surface area contributed by atoms with Crippen LogP contribution in [0, 0.1) is 5.92 Å². The minimum absolute atomic E-state index is 0.00191. The van der Waals surface area contributed by atoms with Crippen molar-refractivity contribution in [1.29, 1.82) is 0 Å². The highest BCUT2D eigenvalue weighted by atomic mass is 32.2. The Bertz CT molecular complexity index is 1600. The minimum Gasteiger partial charge on any atom is -0.489 e. The summed E-state index contributed by atoms with van der Waals surface area (Å²) in [5.41, 5.74) is 9.80. The van der Waals surface area contributed by atoms with Gasteiger partial charge in [-0.2, -0.15) is 0 Å². The number of nitrogens with zero attached hydrogens (tertiary/aromatic N) is 3. The van der Waals surface area contributed by atoms with Crippen molar-refractivity contribution in [3.8, 4) is 5.75 Å². The molecule has 10 nitrogen and oxygen atoms in total. The summed E-state index contributed by atoms with van der Waals surface area (Å²) in [4.78, 5) is 25.3. The topological polar surface area (TPSA) is 146 Å². The van der Waals surface area contributed by atoms with Crippen molar-refractivity contribution in [3.63, 3.8) is 0 Å². The van der Waals surface area contributed by atoms with E-state index in [-0.39, 0.29) is 29.8 Å². The van der Waals surface area contributed by atoms with Crippen LogP contribution < -0.4 is 15.8 Å². The largest absolute Gasteiger partial charge is 0.489 e. The van der Waals surface area contributed by atoms with Crippen molar-refractivity contribution in [3.05, 3.63) is 42.2 Å². The van der Waals surface area contributed by atoms with E-state index in [2.05, 4.69) is 20.3 Å². The molecule has 2 atom stereocenters. The van der Waals surface area contributed by atoms with Crippen molar-refractivity contribution < 1.29 is 22.7 Å². The van der Waals surface area contributed by atoms with E-state index in [1.54, 1.807) is 43.7 Å². The number of nitrogens with two attached hydrogens (primary N) is 1. The van der Waals surface area contributed by atoms with Gasteiger partial charge in [-0.25, -0.2) is 23.4 Å². The van der Waals surface area contributed by atoms with Crippen LogP contribution in [0.2, 0.25) is 0 Å². The van der Waals surface area contributed by atoms with Crippen LogP contribution in [0.15, 0.2) is 47.1 Å². The molecule has 0 aliphatic heterocycles. The summed E-state index contributed by atoms with van der Waals surface area (Å²) in [6.45, 7) is 8.56. The number of fused-ring (bicyclic) bond motifs is 2. The average molecular weight is 572 g/mol. The molecule has 0 saturated carbocycles. The highest BCUT2D eigenvalue weighted by Crippen LogP contribution is 2.37. The van der Waals surface area contributed by atoms with E-state index in [9.17, 15) is 13.2 Å². The molecule has 0 saturated heterocycles. The number of sulfone groups is 1. The molecule has 1 unspecified atom stereocenters. The van der Waals surface area contributed by atoms with Crippen molar-refractivity contribution in [2.45, 2.75) is 56.7 Å². The summed E-state index contributed by atoms with van der Waals surface area (Å²) in [5, 5.41) is 3.77. The molecule has 2 aromatic carbocycles. The molecule has 0 aliphatic carbocycles. The molecule has 0 spiro atoms. The molecule has 4 aromatic rings. The Morgan fingerprint density at radius 1 is 1.10 bits per heavy atom. The lowest BCUT2D eigenvalue weighted by Gasteiger charge is -2.22. The standard InChI is InChI=1S/C27H33N5O5S2/c1-6-16(2)24(28)26(33)37-10-9-36-21-13-19-18(12-23(21)39(34,35)27(3,4)5)25(30-14-29-19)32-17-7-8-22-20(11-17)31-15-38-22/h7-8,11-16,24H,6,9-10,28H2,1-5H3,(H,29,30,32)/t16-,24?/m0/s1. The minimum atomic E-state index is -3.84. The predicted molar refractivity (Wildman–Crippen MR) is 153 cm³/mol. The Labute approximate surface area is 231 Å². The van der Waals surface area contributed by atoms with Crippen molar-refractivity contribution >= 4 is 59.8 Å².